The van der Waals surface area contributed by atoms with E-state index in [9.17, 15) is 0 Å². The molecule has 0 aliphatic carbocycles. The van der Waals surface area contributed by atoms with Crippen LogP contribution < -0.4 is 0 Å². The van der Waals surface area contributed by atoms with Crippen molar-refractivity contribution in [2.45, 2.75) is 22.3 Å². The van der Waals surface area contributed by atoms with Crippen molar-refractivity contribution in [3.8, 4) is 11.3 Å². The third-order valence-corrected chi connectivity index (χ3v) is 7.05. The fraction of sp³-hybridized carbons (Fsp3) is 0.154. The van der Waals surface area contributed by atoms with Crippen molar-refractivity contribution in [1.29, 1.82) is 0 Å². The Balaban J connectivity index is 1.45. The van der Waals surface area contributed by atoms with Crippen LogP contribution in [0.5, 0.6) is 0 Å². The average molecular weight is 459 g/mol. The van der Waals surface area contributed by atoms with E-state index in [4.69, 9.17) is 16.7 Å². The van der Waals surface area contributed by atoms with Crippen LogP contribution in [0.3, 0.4) is 0 Å². The molecule has 32 heavy (non-hydrogen) atoms. The van der Waals surface area contributed by atoms with Crippen LogP contribution >= 0.6 is 23.4 Å². The van der Waals surface area contributed by atoms with E-state index >= 15 is 0 Å². The lowest BCUT2D eigenvalue weighted by molar-refractivity contribution is 0.405. The molecule has 2 aromatic carbocycles. The zero-order chi connectivity index (χ0) is 22.1. The van der Waals surface area contributed by atoms with Gasteiger partial charge in [-0.05, 0) is 48.9 Å². The van der Waals surface area contributed by atoms with Gasteiger partial charge in [-0.2, -0.15) is 5.10 Å². The normalized spacial score (nSPS) is 15.9. The Morgan fingerprint density at radius 1 is 1.12 bits per heavy atom. The van der Waals surface area contributed by atoms with Gasteiger partial charge in [0.1, 0.15) is 5.69 Å². The quantitative estimate of drug-likeness (QED) is 0.296. The number of hydrogen-bond donors (Lipinski definition) is 0. The highest BCUT2D eigenvalue weighted by atomic mass is 35.5. The molecule has 0 spiro atoms. The van der Waals surface area contributed by atoms with Crippen LogP contribution in [0.15, 0.2) is 102 Å². The van der Waals surface area contributed by atoms with E-state index in [1.165, 1.54) is 0 Å². The molecule has 1 saturated heterocycles. The molecule has 4 aromatic rings. The van der Waals surface area contributed by atoms with Gasteiger partial charge in [0.05, 0.1) is 11.6 Å². The SMILES string of the molecule is C=CC(=C)N1CCC(n2nc(-c3ccc(Sc4cccc(Cl)c4)cc3)c3cnccc32)C1. The molecule has 160 valence electrons. The Labute approximate surface area is 197 Å². The molecule has 0 amide bonds. The summed E-state index contributed by atoms with van der Waals surface area (Å²) < 4.78 is 2.16. The third kappa shape index (κ3) is 4.06. The molecular weight excluding hydrogens is 436 g/mol. The smallest absolute Gasteiger partial charge is 0.102 e. The number of pyridine rings is 1. The van der Waals surface area contributed by atoms with Gasteiger partial charge >= 0.3 is 0 Å². The number of allylic oxidation sites excluding steroid dienone is 1. The Bertz CT molecular complexity index is 1290. The van der Waals surface area contributed by atoms with E-state index in [0.717, 1.165) is 62.2 Å². The molecule has 2 aromatic heterocycles. The fourth-order valence-electron chi connectivity index (χ4n) is 4.16. The highest BCUT2D eigenvalue weighted by Gasteiger charge is 2.27. The van der Waals surface area contributed by atoms with Crippen LogP contribution in [0.2, 0.25) is 5.02 Å². The maximum atomic E-state index is 6.12. The molecule has 1 fully saturated rings. The van der Waals surface area contributed by atoms with Gasteiger partial charge in [-0.25, -0.2) is 0 Å². The zero-order valence-corrected chi connectivity index (χ0v) is 19.2. The van der Waals surface area contributed by atoms with Gasteiger partial charge in [0, 0.05) is 56.9 Å². The summed E-state index contributed by atoms with van der Waals surface area (Å²) in [5.74, 6) is 0. The van der Waals surface area contributed by atoms with Crippen molar-refractivity contribution in [2.75, 3.05) is 13.1 Å². The first-order chi connectivity index (χ1) is 15.6. The monoisotopic (exact) mass is 458 g/mol. The largest absolute Gasteiger partial charge is 0.370 e. The lowest BCUT2D eigenvalue weighted by atomic mass is 10.1. The van der Waals surface area contributed by atoms with E-state index in [2.05, 4.69) is 64.1 Å². The summed E-state index contributed by atoms with van der Waals surface area (Å²) in [5, 5.41) is 6.88. The second-order valence-electron chi connectivity index (χ2n) is 7.85. The molecule has 4 nitrogen and oxygen atoms in total. The predicted octanol–water partition coefficient (Wildman–Crippen LogP) is 6.85. The summed E-state index contributed by atoms with van der Waals surface area (Å²) in [6, 6.07) is 18.8. The second kappa shape index (κ2) is 8.85. The van der Waals surface area contributed by atoms with Crippen molar-refractivity contribution in [3.63, 3.8) is 0 Å². The summed E-state index contributed by atoms with van der Waals surface area (Å²) in [6.45, 7) is 9.81. The zero-order valence-electron chi connectivity index (χ0n) is 17.6. The maximum Gasteiger partial charge on any atom is 0.102 e. The molecular formula is C26H23ClN4S. The van der Waals surface area contributed by atoms with Gasteiger partial charge in [-0.15, -0.1) is 0 Å². The van der Waals surface area contributed by atoms with E-state index in [-0.39, 0.29) is 0 Å². The first-order valence-corrected chi connectivity index (χ1v) is 11.7. The van der Waals surface area contributed by atoms with Gasteiger partial charge in [-0.3, -0.25) is 9.67 Å². The first-order valence-electron chi connectivity index (χ1n) is 10.5. The molecule has 0 saturated carbocycles. The van der Waals surface area contributed by atoms with E-state index < -0.39 is 0 Å². The first kappa shape index (κ1) is 20.9. The molecule has 1 atom stereocenters. The summed E-state index contributed by atoms with van der Waals surface area (Å²) in [6.07, 6.45) is 6.60. The number of aromatic nitrogens is 3. The number of likely N-dealkylation sites (tertiary alicyclic amines) is 1. The van der Waals surface area contributed by atoms with E-state index in [1.807, 2.05) is 36.7 Å². The van der Waals surface area contributed by atoms with Crippen molar-refractivity contribution < 1.29 is 0 Å². The number of nitrogens with zero attached hydrogens (tertiary/aromatic N) is 4. The summed E-state index contributed by atoms with van der Waals surface area (Å²) in [7, 11) is 0. The molecule has 1 unspecified atom stereocenters. The molecule has 3 heterocycles. The van der Waals surface area contributed by atoms with Crippen LogP contribution in [0.1, 0.15) is 12.5 Å². The lowest BCUT2D eigenvalue weighted by Gasteiger charge is -2.18. The van der Waals surface area contributed by atoms with Crippen molar-refractivity contribution in [2.24, 2.45) is 0 Å². The molecule has 0 bridgehead atoms. The third-order valence-electron chi connectivity index (χ3n) is 5.82. The molecule has 6 heteroatoms. The Morgan fingerprint density at radius 3 is 2.75 bits per heavy atom. The van der Waals surface area contributed by atoms with Crippen LogP contribution in [-0.4, -0.2) is 32.8 Å². The molecule has 0 N–H and O–H groups in total. The maximum absolute atomic E-state index is 6.12. The number of hydrogen-bond acceptors (Lipinski definition) is 4. The molecule has 1 aliphatic heterocycles. The van der Waals surface area contributed by atoms with E-state index in [0.29, 0.717) is 6.04 Å². The molecule has 0 radical (unpaired) electrons. The van der Waals surface area contributed by atoms with Crippen LogP contribution in [0.25, 0.3) is 22.2 Å². The minimum absolute atomic E-state index is 0.294. The number of rotatable bonds is 6. The highest BCUT2D eigenvalue weighted by Crippen LogP contribution is 2.35. The predicted molar refractivity (Wildman–Crippen MR) is 133 cm³/mol. The Morgan fingerprint density at radius 2 is 1.97 bits per heavy atom. The fourth-order valence-corrected chi connectivity index (χ4v) is 5.29. The van der Waals surface area contributed by atoms with Crippen LogP contribution in [-0.2, 0) is 0 Å². The minimum atomic E-state index is 0.294. The van der Waals surface area contributed by atoms with Gasteiger partial charge in [0.2, 0.25) is 0 Å². The number of benzene rings is 2. The van der Waals surface area contributed by atoms with Crippen LogP contribution in [0, 0.1) is 0 Å². The number of halogens is 1. The second-order valence-corrected chi connectivity index (χ2v) is 9.44. The van der Waals surface area contributed by atoms with Crippen molar-refractivity contribution >= 4 is 34.3 Å². The number of fused-ring (bicyclic) bond motifs is 1. The van der Waals surface area contributed by atoms with Gasteiger partial charge in [-0.1, -0.05) is 54.7 Å². The topological polar surface area (TPSA) is 34.0 Å². The van der Waals surface area contributed by atoms with E-state index in [1.54, 1.807) is 11.8 Å². The van der Waals surface area contributed by atoms with Crippen LogP contribution in [0.4, 0.5) is 0 Å². The molecule has 1 aliphatic rings. The van der Waals surface area contributed by atoms with Gasteiger partial charge < -0.3 is 4.90 Å². The lowest BCUT2D eigenvalue weighted by Crippen LogP contribution is -2.20. The summed E-state index contributed by atoms with van der Waals surface area (Å²) in [5.41, 5.74) is 4.14. The summed E-state index contributed by atoms with van der Waals surface area (Å²) >= 11 is 7.82. The Hall–Kier alpha value is -3.02. The minimum Gasteiger partial charge on any atom is -0.370 e. The van der Waals surface area contributed by atoms with Crippen molar-refractivity contribution in [1.82, 2.24) is 19.7 Å². The molecule has 5 rings (SSSR count). The van der Waals surface area contributed by atoms with Gasteiger partial charge in [0.15, 0.2) is 0 Å². The van der Waals surface area contributed by atoms with Crippen molar-refractivity contribution in [3.05, 3.63) is 96.9 Å². The van der Waals surface area contributed by atoms with Gasteiger partial charge in [0.25, 0.3) is 0 Å². The highest BCUT2D eigenvalue weighted by molar-refractivity contribution is 7.99. The standard InChI is InChI=1S/C26H23ClN4S/c1-3-18(2)30-14-12-21(17-30)31-25-11-13-28-16-24(25)26(29-31)19-7-9-22(10-8-19)32-23-6-4-5-20(27)15-23/h3-11,13,15-16,21H,1-2,12,14,17H2. The summed E-state index contributed by atoms with van der Waals surface area (Å²) in [4.78, 5) is 8.92. The Kier molecular flexibility index (Phi) is 5.77. The average Bonchev–Trinajstić information content (AvgIpc) is 3.44.